The van der Waals surface area contributed by atoms with Crippen molar-refractivity contribution in [3.63, 3.8) is 0 Å². The Morgan fingerprint density at radius 2 is 1.92 bits per heavy atom. The van der Waals surface area contributed by atoms with E-state index in [4.69, 9.17) is 11.5 Å². The molecule has 3 heteroatoms. The Hall–Kier alpha value is -0.761. The Morgan fingerprint density at radius 1 is 1.23 bits per heavy atom. The molecule has 0 radical (unpaired) electrons. The molecule has 0 fully saturated rings. The molecule has 2 rings (SSSR count). The summed E-state index contributed by atoms with van der Waals surface area (Å²) in [5, 5.41) is 0. The summed E-state index contributed by atoms with van der Waals surface area (Å²) in [6, 6.07) is 0. The van der Waals surface area contributed by atoms with E-state index in [0.29, 0.717) is 4.82 Å². The normalized spacial score (nSPS) is 31.9. The van der Waals surface area contributed by atoms with Gasteiger partial charge >= 0.3 is 83.9 Å². The van der Waals surface area contributed by atoms with Gasteiger partial charge in [0.2, 0.25) is 0 Å². The molecule has 1 unspecified atom stereocenters. The standard InChI is InChI=1S/C5H7N2.C5H5.Fe/c6-4-2-1-3-5(4)7;1-2-4-5-3-1;/h1-3H,6-7H2;1-5H;. The average Bonchev–Trinajstić information content (AvgIpc) is 2.65. The van der Waals surface area contributed by atoms with Gasteiger partial charge in [-0.25, -0.2) is 0 Å². The van der Waals surface area contributed by atoms with Crippen molar-refractivity contribution in [1.82, 2.24) is 0 Å². The van der Waals surface area contributed by atoms with Crippen LogP contribution in [0.25, 0.3) is 0 Å². The molecular formula is C10H12FeN2. The predicted molar refractivity (Wildman–Crippen MR) is 50.4 cm³/mol. The summed E-state index contributed by atoms with van der Waals surface area (Å²) in [4.78, 5) is 0.430. The van der Waals surface area contributed by atoms with Crippen LogP contribution in [-0.2, 0) is 15.0 Å². The first-order valence-electron chi connectivity index (χ1n) is 4.12. The monoisotopic (exact) mass is 216 g/mol. The third kappa shape index (κ3) is 1.63. The molecule has 0 heterocycles. The van der Waals surface area contributed by atoms with E-state index in [9.17, 15) is 0 Å². The fourth-order valence-electron chi connectivity index (χ4n) is 1.27. The van der Waals surface area contributed by atoms with Crippen molar-refractivity contribution >= 4 is 0 Å². The maximum absolute atomic E-state index is 6.13. The molecule has 70 valence electrons. The van der Waals surface area contributed by atoms with Crippen molar-refractivity contribution in [3.05, 3.63) is 48.2 Å². The van der Waals surface area contributed by atoms with E-state index in [2.05, 4.69) is 12.2 Å². The molecule has 2 aliphatic carbocycles. The zero-order chi connectivity index (χ0) is 9.31. The first-order valence-corrected chi connectivity index (χ1v) is 5.31. The summed E-state index contributed by atoms with van der Waals surface area (Å²) in [5.41, 5.74) is 12.7. The molecule has 13 heavy (non-hydrogen) atoms. The van der Waals surface area contributed by atoms with Crippen LogP contribution in [0, 0.1) is 0 Å². The maximum atomic E-state index is 6.13. The van der Waals surface area contributed by atoms with Gasteiger partial charge in [-0.1, -0.05) is 0 Å². The van der Waals surface area contributed by atoms with Crippen LogP contribution >= 0.6 is 0 Å². The second-order valence-corrected chi connectivity index (χ2v) is 5.00. The number of hydrogen-bond acceptors (Lipinski definition) is 2. The summed E-state index contributed by atoms with van der Waals surface area (Å²) in [6.07, 6.45) is 14.2. The van der Waals surface area contributed by atoms with Gasteiger partial charge in [0.15, 0.2) is 0 Å². The van der Waals surface area contributed by atoms with E-state index in [1.807, 2.05) is 30.4 Å². The molecule has 1 atom stereocenters. The average molecular weight is 216 g/mol. The molecule has 0 bridgehead atoms. The Bertz CT molecular complexity index is 316. The van der Waals surface area contributed by atoms with E-state index in [1.165, 1.54) is 0 Å². The summed E-state index contributed by atoms with van der Waals surface area (Å²) in [7, 11) is 0. The van der Waals surface area contributed by atoms with Crippen molar-refractivity contribution in [2.24, 2.45) is 11.5 Å². The van der Waals surface area contributed by atoms with Gasteiger partial charge in [0.25, 0.3) is 0 Å². The van der Waals surface area contributed by atoms with Gasteiger partial charge < -0.3 is 0 Å². The third-order valence-corrected chi connectivity index (χ3v) is 3.85. The Morgan fingerprint density at radius 3 is 2.46 bits per heavy atom. The summed E-state index contributed by atoms with van der Waals surface area (Å²) in [5.74, 6) is 0. The summed E-state index contributed by atoms with van der Waals surface area (Å²) < 4.78 is -0.427. The van der Waals surface area contributed by atoms with E-state index in [-0.39, 0.29) is 0 Å². The molecule has 0 aromatic rings. The van der Waals surface area contributed by atoms with Crippen LogP contribution in [0.1, 0.15) is 0 Å². The van der Waals surface area contributed by atoms with Crippen LogP contribution in [-0.4, -0.2) is 4.44 Å². The number of rotatable bonds is 2. The summed E-state index contributed by atoms with van der Waals surface area (Å²) >= 11 is 0.860. The molecule has 2 aliphatic rings. The molecule has 2 nitrogen and oxygen atoms in total. The number of allylic oxidation sites excluding steroid dienone is 6. The van der Waals surface area contributed by atoms with Crippen molar-refractivity contribution in [3.8, 4) is 0 Å². The van der Waals surface area contributed by atoms with Gasteiger partial charge in [-0.15, -0.1) is 0 Å². The predicted octanol–water partition coefficient (Wildman–Crippen LogP) is 1.05. The fraction of sp³-hybridized carbons (Fsp3) is 0.200. The molecule has 0 aromatic heterocycles. The molecule has 0 amide bonds. The van der Waals surface area contributed by atoms with Crippen LogP contribution in [0.5, 0.6) is 0 Å². The van der Waals surface area contributed by atoms with Gasteiger partial charge in [0, 0.05) is 0 Å². The molecule has 4 N–H and O–H groups in total. The topological polar surface area (TPSA) is 52.0 Å². The Labute approximate surface area is 84.2 Å². The quantitative estimate of drug-likeness (QED) is 0.678. The zero-order valence-electron chi connectivity index (χ0n) is 7.13. The van der Waals surface area contributed by atoms with E-state index in [0.717, 1.165) is 20.7 Å². The van der Waals surface area contributed by atoms with Crippen molar-refractivity contribution in [2.45, 2.75) is 9.25 Å². The molecule has 0 saturated carbocycles. The van der Waals surface area contributed by atoms with E-state index < -0.39 is 4.44 Å². The summed E-state index contributed by atoms with van der Waals surface area (Å²) in [6.45, 7) is 0. The first-order chi connectivity index (χ1) is 6.21. The van der Waals surface area contributed by atoms with Crippen LogP contribution in [0.3, 0.4) is 0 Å². The van der Waals surface area contributed by atoms with Gasteiger partial charge in [-0.05, 0) is 0 Å². The van der Waals surface area contributed by atoms with Gasteiger partial charge in [0.05, 0.1) is 0 Å². The fourth-order valence-corrected chi connectivity index (χ4v) is 2.82. The second kappa shape index (κ2) is 3.18. The van der Waals surface area contributed by atoms with Gasteiger partial charge in [-0.3, -0.25) is 0 Å². The first kappa shape index (κ1) is 8.82. The minimum atomic E-state index is -0.427. The second-order valence-electron chi connectivity index (χ2n) is 3.03. The minimum absolute atomic E-state index is 0.427. The van der Waals surface area contributed by atoms with Crippen LogP contribution < -0.4 is 11.5 Å². The van der Waals surface area contributed by atoms with Crippen molar-refractivity contribution in [2.75, 3.05) is 0 Å². The number of hydrogen-bond donors (Lipinski definition) is 2. The third-order valence-electron chi connectivity index (χ3n) is 2.02. The van der Waals surface area contributed by atoms with Crippen LogP contribution in [0.2, 0.25) is 4.82 Å². The van der Waals surface area contributed by atoms with E-state index >= 15 is 0 Å². The number of nitrogens with two attached hydrogens (primary N) is 2. The molecule has 0 aliphatic heterocycles. The molecular weight excluding hydrogens is 204 g/mol. The molecule has 0 saturated heterocycles. The SMILES string of the molecule is NC1=CC=C[C]1(N)[Fe][CH]1C=CC=C1. The van der Waals surface area contributed by atoms with Crippen molar-refractivity contribution in [1.29, 1.82) is 0 Å². The Kier molecular flexibility index (Phi) is 2.16. The molecule has 0 aromatic carbocycles. The molecule has 0 spiro atoms. The van der Waals surface area contributed by atoms with Gasteiger partial charge in [0.1, 0.15) is 0 Å². The van der Waals surface area contributed by atoms with Crippen LogP contribution in [0.4, 0.5) is 0 Å². The van der Waals surface area contributed by atoms with Gasteiger partial charge in [-0.2, -0.15) is 0 Å². The van der Waals surface area contributed by atoms with E-state index in [1.54, 1.807) is 0 Å². The Balaban J connectivity index is 2.09. The van der Waals surface area contributed by atoms with Crippen LogP contribution in [0.15, 0.2) is 48.2 Å². The van der Waals surface area contributed by atoms with Crippen molar-refractivity contribution < 1.29 is 15.0 Å². The zero-order valence-corrected chi connectivity index (χ0v) is 8.23.